The summed E-state index contributed by atoms with van der Waals surface area (Å²) in [5.41, 5.74) is 14.9. The number of rotatable bonds is 2. The first-order chi connectivity index (χ1) is 10.4. The number of aryl methyl sites for hydroxylation is 2. The normalized spacial score (nSPS) is 20.8. The molecular formula is C21H23N. The lowest BCUT2D eigenvalue weighted by Gasteiger charge is -2.26. The van der Waals surface area contributed by atoms with Crippen molar-refractivity contribution in [3.8, 4) is 11.1 Å². The summed E-state index contributed by atoms with van der Waals surface area (Å²) in [5, 5.41) is 0. The van der Waals surface area contributed by atoms with E-state index < -0.39 is 5.54 Å². The Kier molecular flexibility index (Phi) is 3.54. The summed E-state index contributed by atoms with van der Waals surface area (Å²) >= 11 is 0. The van der Waals surface area contributed by atoms with Gasteiger partial charge in [0.25, 0.3) is 0 Å². The molecule has 1 heteroatoms. The highest BCUT2D eigenvalue weighted by atomic mass is 14.7. The van der Waals surface area contributed by atoms with Crippen LogP contribution in [0, 0.1) is 13.8 Å². The Labute approximate surface area is 133 Å². The Morgan fingerprint density at radius 2 is 1.50 bits per heavy atom. The molecule has 0 unspecified atom stereocenters. The van der Waals surface area contributed by atoms with E-state index in [-0.39, 0.29) is 0 Å². The zero-order chi connectivity index (χ0) is 15.9. The minimum absolute atomic E-state index is 0.473. The smallest absolute Gasteiger partial charge is 0.0818 e. The van der Waals surface area contributed by atoms with E-state index in [1.807, 2.05) is 0 Å². The Bertz CT molecular complexity index is 775. The minimum Gasteiger partial charge on any atom is -0.315 e. The highest BCUT2D eigenvalue weighted by molar-refractivity contribution is 5.67. The van der Waals surface area contributed by atoms with Crippen molar-refractivity contribution >= 4 is 0 Å². The summed E-state index contributed by atoms with van der Waals surface area (Å²) in [6.45, 7) is 8.52. The molecule has 0 amide bonds. The third-order valence-electron chi connectivity index (χ3n) is 4.70. The Hall–Kier alpha value is -2.12. The van der Waals surface area contributed by atoms with Gasteiger partial charge in [0.15, 0.2) is 0 Å². The summed E-state index contributed by atoms with van der Waals surface area (Å²) in [4.78, 5) is 0. The van der Waals surface area contributed by atoms with Crippen LogP contribution in [0.3, 0.4) is 0 Å². The fourth-order valence-corrected chi connectivity index (χ4v) is 3.24. The molecule has 1 aliphatic carbocycles. The molecule has 112 valence electrons. The van der Waals surface area contributed by atoms with E-state index in [1.165, 1.54) is 33.4 Å². The lowest BCUT2D eigenvalue weighted by Crippen LogP contribution is -2.34. The van der Waals surface area contributed by atoms with Crippen LogP contribution in [0.5, 0.6) is 0 Å². The second kappa shape index (κ2) is 5.26. The Morgan fingerprint density at radius 1 is 0.818 bits per heavy atom. The first kappa shape index (κ1) is 14.8. The molecule has 3 rings (SSSR count). The Morgan fingerprint density at radius 3 is 2.09 bits per heavy atom. The predicted molar refractivity (Wildman–Crippen MR) is 94.7 cm³/mol. The van der Waals surface area contributed by atoms with Gasteiger partial charge < -0.3 is 5.73 Å². The molecular weight excluding hydrogens is 266 g/mol. The van der Waals surface area contributed by atoms with Gasteiger partial charge >= 0.3 is 0 Å². The largest absolute Gasteiger partial charge is 0.315 e. The number of hydrogen-bond donors (Lipinski definition) is 1. The van der Waals surface area contributed by atoms with Crippen LogP contribution in [-0.4, -0.2) is 0 Å². The van der Waals surface area contributed by atoms with Crippen LogP contribution < -0.4 is 5.73 Å². The van der Waals surface area contributed by atoms with Crippen LogP contribution in [0.2, 0.25) is 0 Å². The van der Waals surface area contributed by atoms with Crippen molar-refractivity contribution in [3.63, 3.8) is 0 Å². The molecule has 0 spiro atoms. The molecule has 0 bridgehead atoms. The van der Waals surface area contributed by atoms with Crippen molar-refractivity contribution in [3.05, 3.63) is 82.5 Å². The standard InChI is InChI=1S/C21H23N/c1-14-10-15(2)12-19(11-14)18-6-5-7-20(13-18)21(22)9-8-16(3)17(21)4/h5-13H,22H2,1-4H3/t21-/m1/s1. The van der Waals surface area contributed by atoms with Gasteiger partial charge in [-0.2, -0.15) is 0 Å². The van der Waals surface area contributed by atoms with Crippen molar-refractivity contribution in [1.82, 2.24) is 0 Å². The maximum absolute atomic E-state index is 6.68. The molecule has 0 aliphatic heterocycles. The highest BCUT2D eigenvalue weighted by Gasteiger charge is 2.31. The number of benzene rings is 2. The second-order valence-corrected chi connectivity index (χ2v) is 6.47. The number of nitrogens with two attached hydrogens (primary N) is 1. The van der Waals surface area contributed by atoms with Crippen LogP contribution in [0.25, 0.3) is 11.1 Å². The van der Waals surface area contributed by atoms with E-state index in [2.05, 4.69) is 82.3 Å². The average Bonchev–Trinajstić information content (AvgIpc) is 2.75. The topological polar surface area (TPSA) is 26.0 Å². The van der Waals surface area contributed by atoms with Crippen LogP contribution in [-0.2, 0) is 5.54 Å². The molecule has 0 saturated heterocycles. The molecule has 1 nitrogen and oxygen atoms in total. The van der Waals surface area contributed by atoms with Crippen LogP contribution in [0.4, 0.5) is 0 Å². The van der Waals surface area contributed by atoms with E-state index in [0.717, 1.165) is 5.56 Å². The van der Waals surface area contributed by atoms with Gasteiger partial charge in [-0.1, -0.05) is 59.7 Å². The monoisotopic (exact) mass is 289 g/mol. The van der Waals surface area contributed by atoms with Gasteiger partial charge in [0, 0.05) is 0 Å². The van der Waals surface area contributed by atoms with E-state index in [4.69, 9.17) is 5.73 Å². The third-order valence-corrected chi connectivity index (χ3v) is 4.70. The molecule has 22 heavy (non-hydrogen) atoms. The molecule has 2 aromatic carbocycles. The second-order valence-electron chi connectivity index (χ2n) is 6.47. The van der Waals surface area contributed by atoms with Crippen molar-refractivity contribution in [2.45, 2.75) is 33.2 Å². The average molecular weight is 289 g/mol. The van der Waals surface area contributed by atoms with Gasteiger partial charge in [-0.3, -0.25) is 0 Å². The lowest BCUT2D eigenvalue weighted by atomic mass is 9.84. The fraction of sp³-hybridized carbons (Fsp3) is 0.238. The zero-order valence-electron chi connectivity index (χ0n) is 13.8. The summed E-state index contributed by atoms with van der Waals surface area (Å²) in [6.07, 6.45) is 4.23. The van der Waals surface area contributed by atoms with Gasteiger partial charge in [-0.15, -0.1) is 0 Å². The molecule has 1 aliphatic rings. The summed E-state index contributed by atoms with van der Waals surface area (Å²) in [7, 11) is 0. The maximum atomic E-state index is 6.68. The van der Waals surface area contributed by atoms with Crippen molar-refractivity contribution in [2.75, 3.05) is 0 Å². The van der Waals surface area contributed by atoms with E-state index in [0.29, 0.717) is 0 Å². The quantitative estimate of drug-likeness (QED) is 0.824. The van der Waals surface area contributed by atoms with Gasteiger partial charge in [-0.05, 0) is 61.6 Å². The first-order valence-electron chi connectivity index (χ1n) is 7.75. The van der Waals surface area contributed by atoms with Crippen LogP contribution in [0.15, 0.2) is 65.8 Å². The molecule has 2 N–H and O–H groups in total. The van der Waals surface area contributed by atoms with Crippen molar-refractivity contribution < 1.29 is 0 Å². The minimum atomic E-state index is -0.473. The van der Waals surface area contributed by atoms with Crippen LogP contribution >= 0.6 is 0 Å². The fourth-order valence-electron chi connectivity index (χ4n) is 3.24. The van der Waals surface area contributed by atoms with Crippen LogP contribution in [0.1, 0.15) is 30.5 Å². The number of hydrogen-bond acceptors (Lipinski definition) is 1. The lowest BCUT2D eigenvalue weighted by molar-refractivity contribution is 0.672. The molecule has 1 atom stereocenters. The molecule has 2 aromatic rings. The van der Waals surface area contributed by atoms with E-state index in [1.54, 1.807) is 0 Å². The molecule has 0 heterocycles. The van der Waals surface area contributed by atoms with Gasteiger partial charge in [-0.25, -0.2) is 0 Å². The number of allylic oxidation sites excluding steroid dienone is 2. The van der Waals surface area contributed by atoms with E-state index >= 15 is 0 Å². The Balaban J connectivity index is 2.10. The summed E-state index contributed by atoms with van der Waals surface area (Å²) < 4.78 is 0. The molecule has 0 radical (unpaired) electrons. The molecule has 0 aromatic heterocycles. The zero-order valence-corrected chi connectivity index (χ0v) is 13.8. The van der Waals surface area contributed by atoms with Gasteiger partial charge in [0.2, 0.25) is 0 Å². The van der Waals surface area contributed by atoms with Crippen molar-refractivity contribution in [1.29, 1.82) is 0 Å². The predicted octanol–water partition coefficient (Wildman–Crippen LogP) is 5.03. The maximum Gasteiger partial charge on any atom is 0.0818 e. The van der Waals surface area contributed by atoms with Gasteiger partial charge in [0.1, 0.15) is 0 Å². The van der Waals surface area contributed by atoms with E-state index in [9.17, 15) is 0 Å². The van der Waals surface area contributed by atoms with Crippen molar-refractivity contribution in [2.24, 2.45) is 5.73 Å². The SMILES string of the molecule is CC1=C(C)[C@@](N)(c2cccc(-c3cc(C)cc(C)c3)c2)C=C1. The highest BCUT2D eigenvalue weighted by Crippen LogP contribution is 2.37. The van der Waals surface area contributed by atoms with Gasteiger partial charge in [0.05, 0.1) is 5.54 Å². The molecule has 0 saturated carbocycles. The third kappa shape index (κ3) is 2.42. The summed E-state index contributed by atoms with van der Waals surface area (Å²) in [6, 6.07) is 15.3. The first-order valence-corrected chi connectivity index (χ1v) is 7.75. The summed E-state index contributed by atoms with van der Waals surface area (Å²) in [5.74, 6) is 0. The molecule has 0 fully saturated rings.